The van der Waals surface area contributed by atoms with Crippen molar-refractivity contribution in [3.63, 3.8) is 0 Å². The minimum absolute atomic E-state index is 0.00106. The highest BCUT2D eigenvalue weighted by Gasteiger charge is 2.42. The average Bonchev–Trinajstić information content (AvgIpc) is 3.14. The van der Waals surface area contributed by atoms with E-state index in [4.69, 9.17) is 0 Å². The van der Waals surface area contributed by atoms with E-state index in [1.54, 1.807) is 0 Å². The van der Waals surface area contributed by atoms with Gasteiger partial charge in [-0.15, -0.1) is 0 Å². The maximum absolute atomic E-state index is 13.8. The summed E-state index contributed by atoms with van der Waals surface area (Å²) in [5.41, 5.74) is 5.27. The average molecular weight is 447 g/mol. The number of fused-ring (bicyclic) bond motifs is 2. The van der Waals surface area contributed by atoms with Crippen molar-refractivity contribution in [2.24, 2.45) is 11.8 Å². The predicted molar refractivity (Wildman–Crippen MR) is 124 cm³/mol. The number of hydrogen-bond acceptors (Lipinski definition) is 3. The Kier molecular flexibility index (Phi) is 5.69. The van der Waals surface area contributed by atoms with E-state index >= 15 is 0 Å². The lowest BCUT2D eigenvalue weighted by molar-refractivity contribution is -0.153. The van der Waals surface area contributed by atoms with E-state index in [9.17, 15) is 19.5 Å². The Hall–Kier alpha value is -3.15. The fourth-order valence-corrected chi connectivity index (χ4v) is 6.00. The van der Waals surface area contributed by atoms with Crippen LogP contribution in [0.5, 0.6) is 0 Å². The maximum Gasteiger partial charge on any atom is 0.307 e. The van der Waals surface area contributed by atoms with Gasteiger partial charge in [-0.2, -0.15) is 0 Å². The highest BCUT2D eigenvalue weighted by molar-refractivity contribution is 5.98. The quantitative estimate of drug-likeness (QED) is 0.771. The largest absolute Gasteiger partial charge is 0.481 e. The number of benzene rings is 2. The van der Waals surface area contributed by atoms with Crippen LogP contribution in [0.15, 0.2) is 42.5 Å². The van der Waals surface area contributed by atoms with Crippen molar-refractivity contribution in [2.45, 2.75) is 51.6 Å². The molecule has 0 spiro atoms. The van der Waals surface area contributed by atoms with Crippen molar-refractivity contribution >= 4 is 17.8 Å². The molecule has 2 aromatic carbocycles. The summed E-state index contributed by atoms with van der Waals surface area (Å²) in [5.74, 6) is -2.05. The minimum Gasteiger partial charge on any atom is -0.481 e. The molecule has 0 bridgehead atoms. The van der Waals surface area contributed by atoms with E-state index in [1.807, 2.05) is 40.1 Å². The SMILES string of the molecule is Cc1cccc2c1CCN(C(=O)[C@H]1CCCC[C@H]1C(=O)O)[C@@H]2CN1Cc2ccccc2C1=O. The number of carboxylic acid groups (broad SMARTS) is 1. The van der Waals surface area contributed by atoms with Crippen LogP contribution >= 0.6 is 0 Å². The van der Waals surface area contributed by atoms with Crippen LogP contribution in [0.4, 0.5) is 0 Å². The van der Waals surface area contributed by atoms with Crippen molar-refractivity contribution in [3.05, 3.63) is 70.3 Å². The molecule has 1 fully saturated rings. The second-order valence-electron chi connectivity index (χ2n) is 9.62. The van der Waals surface area contributed by atoms with Gasteiger partial charge >= 0.3 is 5.97 Å². The van der Waals surface area contributed by atoms with E-state index in [2.05, 4.69) is 19.1 Å². The van der Waals surface area contributed by atoms with Crippen LogP contribution in [0, 0.1) is 18.8 Å². The Bertz CT molecular complexity index is 1110. The summed E-state index contributed by atoms with van der Waals surface area (Å²) in [6, 6.07) is 13.6. The molecule has 3 aliphatic rings. The Morgan fingerprint density at radius 2 is 1.79 bits per heavy atom. The zero-order chi connectivity index (χ0) is 23.1. The number of rotatable bonds is 4. The molecule has 1 N–H and O–H groups in total. The van der Waals surface area contributed by atoms with Crippen LogP contribution in [0.2, 0.25) is 0 Å². The third-order valence-electron chi connectivity index (χ3n) is 7.76. The third-order valence-corrected chi connectivity index (χ3v) is 7.76. The molecule has 0 unspecified atom stereocenters. The van der Waals surface area contributed by atoms with E-state index in [0.29, 0.717) is 32.5 Å². The second-order valence-corrected chi connectivity index (χ2v) is 9.62. The van der Waals surface area contributed by atoms with Crippen LogP contribution in [-0.4, -0.2) is 45.8 Å². The van der Waals surface area contributed by atoms with Crippen molar-refractivity contribution in [3.8, 4) is 0 Å². The smallest absolute Gasteiger partial charge is 0.307 e. The van der Waals surface area contributed by atoms with Crippen molar-refractivity contribution in [1.82, 2.24) is 9.80 Å². The number of aryl methyl sites for hydroxylation is 1. The first-order valence-corrected chi connectivity index (χ1v) is 11.9. The molecule has 5 rings (SSSR count). The molecule has 0 radical (unpaired) electrons. The number of carbonyl (C=O) groups is 3. The highest BCUT2D eigenvalue weighted by Crippen LogP contribution is 2.38. The van der Waals surface area contributed by atoms with Gasteiger partial charge in [0, 0.05) is 25.2 Å². The van der Waals surface area contributed by atoms with Gasteiger partial charge in [0.05, 0.1) is 17.9 Å². The minimum atomic E-state index is -0.872. The summed E-state index contributed by atoms with van der Waals surface area (Å²) < 4.78 is 0. The number of amides is 2. The molecule has 3 atom stereocenters. The summed E-state index contributed by atoms with van der Waals surface area (Å²) in [5, 5.41) is 9.76. The number of carboxylic acids is 1. The standard InChI is InChI=1S/C27H30N2O4/c1-17-7-6-12-21-19(17)13-14-29(26(31)22-10-4-5-11-23(22)27(32)33)24(21)16-28-15-18-8-2-3-9-20(18)25(28)30/h2-3,6-9,12,22-24H,4-5,10-11,13-16H2,1H3,(H,32,33)/t22-,23+,24+/m0/s1. The molecule has 2 heterocycles. The van der Waals surface area contributed by atoms with Crippen LogP contribution in [0.3, 0.4) is 0 Å². The zero-order valence-electron chi connectivity index (χ0n) is 19.0. The lowest BCUT2D eigenvalue weighted by Crippen LogP contribution is -2.49. The van der Waals surface area contributed by atoms with Gasteiger partial charge in [0.15, 0.2) is 0 Å². The van der Waals surface area contributed by atoms with Crippen LogP contribution in [-0.2, 0) is 22.6 Å². The monoisotopic (exact) mass is 446 g/mol. The van der Waals surface area contributed by atoms with Crippen molar-refractivity contribution in [2.75, 3.05) is 13.1 Å². The summed E-state index contributed by atoms with van der Waals surface area (Å²) in [6.45, 7) is 3.60. The summed E-state index contributed by atoms with van der Waals surface area (Å²) >= 11 is 0. The number of carbonyl (C=O) groups excluding carboxylic acids is 2. The van der Waals surface area contributed by atoms with Gasteiger partial charge < -0.3 is 14.9 Å². The number of nitrogens with zero attached hydrogens (tertiary/aromatic N) is 2. The van der Waals surface area contributed by atoms with Gasteiger partial charge in [-0.25, -0.2) is 0 Å². The maximum atomic E-state index is 13.8. The van der Waals surface area contributed by atoms with Gasteiger partial charge in [-0.05, 0) is 54.5 Å². The van der Waals surface area contributed by atoms with Crippen molar-refractivity contribution < 1.29 is 19.5 Å². The van der Waals surface area contributed by atoms with Crippen molar-refractivity contribution in [1.29, 1.82) is 0 Å². The molecule has 6 nitrogen and oxygen atoms in total. The normalized spacial score (nSPS) is 24.4. The topological polar surface area (TPSA) is 77.9 Å². The molecule has 2 amide bonds. The molecule has 33 heavy (non-hydrogen) atoms. The van der Waals surface area contributed by atoms with E-state index in [-0.39, 0.29) is 17.9 Å². The van der Waals surface area contributed by atoms with Gasteiger partial charge in [-0.1, -0.05) is 49.2 Å². The second kappa shape index (κ2) is 8.65. The molecule has 2 aliphatic heterocycles. The predicted octanol–water partition coefficient (Wildman–Crippen LogP) is 3.97. The Labute approximate surface area is 194 Å². The molecule has 1 saturated carbocycles. The molecular weight excluding hydrogens is 416 g/mol. The fraction of sp³-hybridized carbons (Fsp3) is 0.444. The highest BCUT2D eigenvalue weighted by atomic mass is 16.4. The van der Waals surface area contributed by atoms with Gasteiger partial charge in [-0.3, -0.25) is 14.4 Å². The molecule has 6 heteroatoms. The summed E-state index contributed by atoms with van der Waals surface area (Å²) in [4.78, 5) is 42.5. The first-order valence-electron chi connectivity index (χ1n) is 11.9. The first-order chi connectivity index (χ1) is 16.0. The molecular formula is C27H30N2O4. The molecule has 2 aromatic rings. The molecule has 172 valence electrons. The van der Waals surface area contributed by atoms with Crippen LogP contribution in [0.1, 0.15) is 64.3 Å². The lowest BCUT2D eigenvalue weighted by Gasteiger charge is -2.42. The Morgan fingerprint density at radius 3 is 2.55 bits per heavy atom. The summed E-state index contributed by atoms with van der Waals surface area (Å²) in [6.07, 6.45) is 3.66. The van der Waals surface area contributed by atoms with E-state index in [0.717, 1.165) is 36.0 Å². The Morgan fingerprint density at radius 1 is 1.03 bits per heavy atom. The third kappa shape index (κ3) is 3.81. The Balaban J connectivity index is 1.48. The van der Waals surface area contributed by atoms with Gasteiger partial charge in [0.2, 0.25) is 5.91 Å². The lowest BCUT2D eigenvalue weighted by atomic mass is 9.77. The summed E-state index contributed by atoms with van der Waals surface area (Å²) in [7, 11) is 0. The zero-order valence-corrected chi connectivity index (χ0v) is 19.0. The van der Waals surface area contributed by atoms with Gasteiger partial charge in [0.25, 0.3) is 5.91 Å². The van der Waals surface area contributed by atoms with Crippen LogP contribution in [0.25, 0.3) is 0 Å². The molecule has 1 aliphatic carbocycles. The fourth-order valence-electron chi connectivity index (χ4n) is 6.00. The van der Waals surface area contributed by atoms with E-state index < -0.39 is 17.8 Å². The van der Waals surface area contributed by atoms with E-state index in [1.165, 1.54) is 11.1 Å². The van der Waals surface area contributed by atoms with Gasteiger partial charge in [0.1, 0.15) is 0 Å². The molecule has 0 saturated heterocycles. The van der Waals surface area contributed by atoms with Crippen LogP contribution < -0.4 is 0 Å². The molecule has 0 aromatic heterocycles. The number of hydrogen-bond donors (Lipinski definition) is 1. The number of aliphatic carboxylic acids is 1. The first kappa shape index (κ1) is 21.7.